The number of aromatic hydroxyl groups is 5. The maximum absolute atomic E-state index is 9.72. The zero-order valence-corrected chi connectivity index (χ0v) is 14.6. The Hall–Kier alpha value is -2.45. The van der Waals surface area contributed by atoms with E-state index < -0.39 is 17.2 Å². The summed E-state index contributed by atoms with van der Waals surface area (Å²) in [5.74, 6) is -1.90. The topological polar surface area (TPSA) is 113 Å². The number of hydrogen-bond acceptors (Lipinski definition) is 6. The minimum Gasteiger partial charge on any atom is -0.504 e. The molecule has 0 heterocycles. The van der Waals surface area contributed by atoms with Crippen LogP contribution in [0.15, 0.2) is 34.8 Å². The number of hydrogen-bond donors (Lipinski definition) is 6. The van der Waals surface area contributed by atoms with Crippen LogP contribution in [-0.2, 0) is 6.54 Å². The Morgan fingerprint density at radius 2 is 1.71 bits per heavy atom. The van der Waals surface area contributed by atoms with Crippen molar-refractivity contribution >= 4 is 39.2 Å². The molecule has 0 fully saturated rings. The normalized spacial score (nSPS) is 10.9. The number of rotatable bonds is 4. The lowest BCUT2D eigenvalue weighted by Gasteiger charge is -2.09. The molecule has 2 aromatic rings. The fourth-order valence-electron chi connectivity index (χ4n) is 1.87. The van der Waals surface area contributed by atoms with Crippen LogP contribution in [0.4, 0.5) is 0 Å². The number of phenols is 5. The van der Waals surface area contributed by atoms with E-state index in [2.05, 4.69) is 21.2 Å². The zero-order chi connectivity index (χ0) is 17.9. The highest BCUT2D eigenvalue weighted by Crippen LogP contribution is 2.37. The first kappa shape index (κ1) is 17.9. The van der Waals surface area contributed by atoms with E-state index in [0.717, 1.165) is 0 Å². The third-order valence-electron chi connectivity index (χ3n) is 3.16. The highest BCUT2D eigenvalue weighted by molar-refractivity contribution is 9.10. The summed E-state index contributed by atoms with van der Waals surface area (Å²) in [6, 6.07) is 5.71. The molecule has 0 aromatic heterocycles. The third kappa shape index (κ3) is 4.09. The predicted octanol–water partition coefficient (Wildman–Crippen LogP) is 3.11. The lowest BCUT2D eigenvalue weighted by Crippen LogP contribution is -2.18. The van der Waals surface area contributed by atoms with Crippen LogP contribution in [0.2, 0.25) is 0 Å². The highest BCUT2D eigenvalue weighted by atomic mass is 79.9. The zero-order valence-electron chi connectivity index (χ0n) is 12.2. The van der Waals surface area contributed by atoms with E-state index in [0.29, 0.717) is 20.6 Å². The van der Waals surface area contributed by atoms with E-state index in [9.17, 15) is 25.5 Å². The average molecular weight is 412 g/mol. The molecule has 0 aliphatic carbocycles. The summed E-state index contributed by atoms with van der Waals surface area (Å²) >= 11 is 8.25. The molecule has 2 rings (SSSR count). The second-order valence-corrected chi connectivity index (χ2v) is 6.16. The van der Waals surface area contributed by atoms with Gasteiger partial charge in [0.2, 0.25) is 5.75 Å². The molecule has 0 aliphatic rings. The Balaban J connectivity index is 2.03. The molecular formula is C16H14BrNO5S. The lowest BCUT2D eigenvalue weighted by molar-refractivity contribution is 0.365. The van der Waals surface area contributed by atoms with Gasteiger partial charge < -0.3 is 30.8 Å². The second-order valence-electron chi connectivity index (χ2n) is 4.86. The molecule has 8 heteroatoms. The van der Waals surface area contributed by atoms with Gasteiger partial charge >= 0.3 is 0 Å². The van der Waals surface area contributed by atoms with Crippen LogP contribution in [0.5, 0.6) is 28.7 Å². The summed E-state index contributed by atoms with van der Waals surface area (Å²) in [6.45, 7) is 0.146. The monoisotopic (exact) mass is 411 g/mol. The van der Waals surface area contributed by atoms with Crippen molar-refractivity contribution in [2.45, 2.75) is 6.54 Å². The quantitative estimate of drug-likeness (QED) is 0.260. The number of phenolic OH excluding ortho intramolecular Hbond substituents is 5. The maximum Gasteiger partial charge on any atom is 0.200 e. The summed E-state index contributed by atoms with van der Waals surface area (Å²) in [4.78, 5) is 0.352. The van der Waals surface area contributed by atoms with Crippen molar-refractivity contribution < 1.29 is 25.5 Å². The standard InChI is InChI=1S/C16H14BrNO5S/c17-10-5-8(6-12(20)15(10)22)1-4-13(24)18-7-9-2-3-11(19)16(23)14(9)21/h1-6,19-23H,7H2,(H,18,24)/b4-1+. The van der Waals surface area contributed by atoms with Gasteiger partial charge in [0.1, 0.15) is 0 Å². The average Bonchev–Trinajstić information content (AvgIpc) is 2.55. The van der Waals surface area contributed by atoms with E-state index in [4.69, 9.17) is 12.2 Å². The SMILES string of the molecule is Oc1cc(/C=C/C(=S)NCc2ccc(O)c(O)c2O)cc(Br)c1O. The fourth-order valence-corrected chi connectivity index (χ4v) is 2.48. The molecule has 6 nitrogen and oxygen atoms in total. The second kappa shape index (κ2) is 7.41. The van der Waals surface area contributed by atoms with Gasteiger partial charge in [0.15, 0.2) is 23.0 Å². The van der Waals surface area contributed by atoms with E-state index in [1.807, 2.05) is 0 Å². The van der Waals surface area contributed by atoms with Crippen LogP contribution in [0.1, 0.15) is 11.1 Å². The Kier molecular flexibility index (Phi) is 5.53. The van der Waals surface area contributed by atoms with Gasteiger partial charge in [-0.3, -0.25) is 0 Å². The molecule has 6 N–H and O–H groups in total. The van der Waals surface area contributed by atoms with Crippen LogP contribution in [0, 0.1) is 0 Å². The number of nitrogens with one attached hydrogen (secondary N) is 1. The van der Waals surface area contributed by atoms with Crippen molar-refractivity contribution in [2.24, 2.45) is 0 Å². The Labute approximate surface area is 151 Å². The van der Waals surface area contributed by atoms with Crippen LogP contribution in [-0.4, -0.2) is 30.5 Å². The molecule has 0 bridgehead atoms. The Morgan fingerprint density at radius 3 is 2.38 bits per heavy atom. The van der Waals surface area contributed by atoms with Crippen molar-refractivity contribution in [2.75, 3.05) is 0 Å². The third-order valence-corrected chi connectivity index (χ3v) is 4.04. The van der Waals surface area contributed by atoms with Gasteiger partial charge in [0, 0.05) is 12.1 Å². The van der Waals surface area contributed by atoms with Gasteiger partial charge in [-0.1, -0.05) is 18.3 Å². The molecule has 0 atom stereocenters. The first-order valence-corrected chi connectivity index (χ1v) is 7.90. The van der Waals surface area contributed by atoms with E-state index in [1.54, 1.807) is 18.2 Å². The van der Waals surface area contributed by atoms with E-state index in [-0.39, 0.29) is 18.0 Å². The summed E-state index contributed by atoms with van der Waals surface area (Å²) < 4.78 is 0.352. The minimum atomic E-state index is -0.583. The van der Waals surface area contributed by atoms with Crippen molar-refractivity contribution in [3.63, 3.8) is 0 Å². The Bertz CT molecular complexity index is 799. The van der Waals surface area contributed by atoms with Crippen molar-refractivity contribution in [1.29, 1.82) is 0 Å². The molecule has 0 radical (unpaired) electrons. The van der Waals surface area contributed by atoms with Crippen molar-refractivity contribution in [1.82, 2.24) is 5.32 Å². The van der Waals surface area contributed by atoms with Crippen LogP contribution >= 0.6 is 28.1 Å². The molecule has 0 saturated heterocycles. The van der Waals surface area contributed by atoms with Gasteiger partial charge in [0.25, 0.3) is 0 Å². The first-order valence-electron chi connectivity index (χ1n) is 6.69. The summed E-state index contributed by atoms with van der Waals surface area (Å²) in [6.07, 6.45) is 3.21. The number of halogens is 1. The molecule has 0 saturated carbocycles. The maximum atomic E-state index is 9.72. The smallest absolute Gasteiger partial charge is 0.200 e. The number of thiocarbonyl (C=S) groups is 1. The van der Waals surface area contributed by atoms with Crippen LogP contribution < -0.4 is 5.32 Å². The van der Waals surface area contributed by atoms with Crippen molar-refractivity contribution in [3.05, 3.63) is 45.9 Å². The Morgan fingerprint density at radius 1 is 1.00 bits per heavy atom. The largest absolute Gasteiger partial charge is 0.504 e. The fraction of sp³-hybridized carbons (Fsp3) is 0.0625. The predicted molar refractivity (Wildman–Crippen MR) is 97.4 cm³/mol. The first-order chi connectivity index (χ1) is 11.3. The molecule has 24 heavy (non-hydrogen) atoms. The molecule has 0 spiro atoms. The van der Waals surface area contributed by atoms with Gasteiger partial charge in [0.05, 0.1) is 9.46 Å². The van der Waals surface area contributed by atoms with Crippen molar-refractivity contribution in [3.8, 4) is 28.7 Å². The van der Waals surface area contributed by atoms with Crippen LogP contribution in [0.25, 0.3) is 6.08 Å². The minimum absolute atomic E-state index is 0.146. The van der Waals surface area contributed by atoms with Gasteiger partial charge in [-0.15, -0.1) is 0 Å². The lowest BCUT2D eigenvalue weighted by atomic mass is 10.1. The molecule has 0 unspecified atom stereocenters. The highest BCUT2D eigenvalue weighted by Gasteiger charge is 2.10. The van der Waals surface area contributed by atoms with Crippen LogP contribution in [0.3, 0.4) is 0 Å². The molecule has 126 valence electrons. The summed E-state index contributed by atoms with van der Waals surface area (Å²) in [7, 11) is 0. The summed E-state index contributed by atoms with van der Waals surface area (Å²) in [5.41, 5.74) is 0.984. The molecule has 2 aromatic carbocycles. The molecule has 0 aliphatic heterocycles. The van der Waals surface area contributed by atoms with Gasteiger partial charge in [-0.25, -0.2) is 0 Å². The van der Waals surface area contributed by atoms with Gasteiger partial charge in [-0.2, -0.15) is 0 Å². The van der Waals surface area contributed by atoms with E-state index >= 15 is 0 Å². The van der Waals surface area contributed by atoms with Gasteiger partial charge in [-0.05, 0) is 51.8 Å². The summed E-state index contributed by atoms with van der Waals surface area (Å²) in [5, 5.41) is 50.3. The van der Waals surface area contributed by atoms with E-state index in [1.165, 1.54) is 18.2 Å². The molecule has 0 amide bonds. The molecular weight excluding hydrogens is 398 g/mol. The number of benzene rings is 2.